The van der Waals surface area contributed by atoms with Crippen LogP contribution in [0.4, 0.5) is 11.4 Å². The second-order valence-electron chi connectivity index (χ2n) is 7.79. The molecule has 4 aromatic carbocycles. The molecule has 0 saturated heterocycles. The summed E-state index contributed by atoms with van der Waals surface area (Å²) in [5, 5.41) is 0. The number of methoxy groups -OCH3 is 1. The first-order chi connectivity index (χ1) is 15.8. The van der Waals surface area contributed by atoms with E-state index in [1.807, 2.05) is 102 Å². The van der Waals surface area contributed by atoms with E-state index in [-0.39, 0.29) is 12.1 Å². The Balaban J connectivity index is 1.71. The van der Waals surface area contributed by atoms with Crippen molar-refractivity contribution in [3.63, 3.8) is 0 Å². The van der Waals surface area contributed by atoms with Gasteiger partial charge < -0.3 is 9.64 Å². The molecule has 0 radical (unpaired) electrons. The lowest BCUT2D eigenvalue weighted by Gasteiger charge is -2.46. The van der Waals surface area contributed by atoms with Gasteiger partial charge in [-0.05, 0) is 47.5 Å². The van der Waals surface area contributed by atoms with Gasteiger partial charge in [0.2, 0.25) is 0 Å². The molecule has 1 aliphatic rings. The molecule has 4 nitrogen and oxygen atoms in total. The van der Waals surface area contributed by atoms with Gasteiger partial charge in [-0.15, -0.1) is 0 Å². The van der Waals surface area contributed by atoms with Crippen LogP contribution in [0.2, 0.25) is 0 Å². The zero-order chi connectivity index (χ0) is 21.9. The average molecular weight is 421 g/mol. The maximum atomic E-state index is 13.8. The van der Waals surface area contributed by atoms with Crippen molar-refractivity contribution in [2.75, 3.05) is 16.9 Å². The molecule has 5 rings (SSSR count). The summed E-state index contributed by atoms with van der Waals surface area (Å²) in [7, 11) is 1.66. The first-order valence-corrected chi connectivity index (χ1v) is 10.7. The van der Waals surface area contributed by atoms with Crippen LogP contribution in [0.1, 0.15) is 27.7 Å². The molecule has 1 aliphatic heterocycles. The van der Waals surface area contributed by atoms with Crippen molar-refractivity contribution in [3.05, 3.63) is 126 Å². The zero-order valence-electron chi connectivity index (χ0n) is 17.9. The second-order valence-corrected chi connectivity index (χ2v) is 7.79. The number of hydrogen-bond acceptors (Lipinski definition) is 3. The third kappa shape index (κ3) is 3.60. The molecule has 0 spiro atoms. The van der Waals surface area contributed by atoms with Gasteiger partial charge in [0, 0.05) is 12.2 Å². The maximum absolute atomic E-state index is 13.8. The van der Waals surface area contributed by atoms with Crippen LogP contribution in [0, 0.1) is 0 Å². The number of para-hydroxylation sites is 2. The first-order valence-electron chi connectivity index (χ1n) is 10.7. The molecule has 4 heteroatoms. The predicted octanol–water partition coefficient (Wildman–Crippen LogP) is 6.06. The third-order valence-electron chi connectivity index (χ3n) is 5.85. The largest absolute Gasteiger partial charge is 0.497 e. The zero-order valence-corrected chi connectivity index (χ0v) is 17.9. The van der Waals surface area contributed by atoms with E-state index in [2.05, 4.69) is 17.0 Å². The van der Waals surface area contributed by atoms with E-state index in [0.717, 1.165) is 22.7 Å². The molecule has 0 unspecified atom stereocenters. The smallest absolute Gasteiger partial charge is 0.262 e. The second kappa shape index (κ2) is 8.60. The lowest BCUT2D eigenvalue weighted by atomic mass is 9.99. The lowest BCUT2D eigenvalue weighted by molar-refractivity contribution is 0.0968. The minimum absolute atomic E-state index is 0.00284. The molecular formula is C28H24N2O2. The number of fused-ring (bicyclic) bond motifs is 1. The summed E-state index contributed by atoms with van der Waals surface area (Å²) in [6.07, 6.45) is -0.300. The van der Waals surface area contributed by atoms with E-state index in [1.165, 1.54) is 5.56 Å². The first kappa shape index (κ1) is 19.9. The summed E-state index contributed by atoms with van der Waals surface area (Å²) >= 11 is 0. The van der Waals surface area contributed by atoms with Crippen LogP contribution in [0.15, 0.2) is 109 Å². The summed E-state index contributed by atoms with van der Waals surface area (Å²) in [5.74, 6) is 0.786. The van der Waals surface area contributed by atoms with Crippen LogP contribution in [0.5, 0.6) is 5.75 Å². The fourth-order valence-electron chi connectivity index (χ4n) is 4.32. The normalized spacial score (nSPS) is 15.4. The highest BCUT2D eigenvalue weighted by Crippen LogP contribution is 2.42. The topological polar surface area (TPSA) is 32.8 Å². The van der Waals surface area contributed by atoms with Crippen molar-refractivity contribution in [1.29, 1.82) is 0 Å². The molecule has 0 saturated carbocycles. The molecule has 0 bridgehead atoms. The van der Waals surface area contributed by atoms with E-state index in [1.54, 1.807) is 7.11 Å². The minimum Gasteiger partial charge on any atom is -0.497 e. The van der Waals surface area contributed by atoms with Crippen molar-refractivity contribution in [2.45, 2.75) is 12.7 Å². The van der Waals surface area contributed by atoms with E-state index >= 15 is 0 Å². The van der Waals surface area contributed by atoms with Gasteiger partial charge in [-0.25, -0.2) is 0 Å². The Labute approximate surface area is 188 Å². The van der Waals surface area contributed by atoms with Gasteiger partial charge in [0.1, 0.15) is 11.9 Å². The Bertz CT molecular complexity index is 1210. The van der Waals surface area contributed by atoms with Crippen LogP contribution < -0.4 is 14.5 Å². The van der Waals surface area contributed by atoms with Crippen molar-refractivity contribution in [2.24, 2.45) is 0 Å². The SMILES string of the molecule is COc1ccc([C@@H]2N(Cc3ccccc3)c3ccccc3C(=O)N2c2ccccc2)cc1. The van der Waals surface area contributed by atoms with Gasteiger partial charge in [0.25, 0.3) is 5.91 Å². The molecule has 0 aromatic heterocycles. The summed E-state index contributed by atoms with van der Waals surface area (Å²) in [6, 6.07) is 36.1. The van der Waals surface area contributed by atoms with E-state index in [0.29, 0.717) is 12.1 Å². The average Bonchev–Trinajstić information content (AvgIpc) is 2.87. The monoisotopic (exact) mass is 420 g/mol. The fourth-order valence-corrected chi connectivity index (χ4v) is 4.32. The van der Waals surface area contributed by atoms with Gasteiger partial charge in [-0.1, -0.05) is 72.8 Å². The van der Waals surface area contributed by atoms with Gasteiger partial charge in [-0.3, -0.25) is 9.69 Å². The molecule has 0 aliphatic carbocycles. The molecule has 1 heterocycles. The summed E-state index contributed by atoms with van der Waals surface area (Å²) in [5.41, 5.74) is 4.72. The Kier molecular flexibility index (Phi) is 5.34. The predicted molar refractivity (Wildman–Crippen MR) is 128 cm³/mol. The summed E-state index contributed by atoms with van der Waals surface area (Å²) in [4.78, 5) is 18.0. The number of amides is 1. The Morgan fingerprint density at radius 1 is 0.750 bits per heavy atom. The highest BCUT2D eigenvalue weighted by Gasteiger charge is 2.39. The molecule has 0 fully saturated rings. The number of rotatable bonds is 5. The molecule has 32 heavy (non-hydrogen) atoms. The van der Waals surface area contributed by atoms with Crippen LogP contribution >= 0.6 is 0 Å². The fraction of sp³-hybridized carbons (Fsp3) is 0.107. The van der Waals surface area contributed by atoms with Crippen LogP contribution in [0.3, 0.4) is 0 Å². The van der Waals surface area contributed by atoms with Crippen molar-refractivity contribution < 1.29 is 9.53 Å². The van der Waals surface area contributed by atoms with Gasteiger partial charge in [-0.2, -0.15) is 0 Å². The van der Waals surface area contributed by atoms with E-state index < -0.39 is 0 Å². The van der Waals surface area contributed by atoms with Crippen LogP contribution in [-0.2, 0) is 6.54 Å². The number of ether oxygens (including phenoxy) is 1. The van der Waals surface area contributed by atoms with Crippen LogP contribution in [0.25, 0.3) is 0 Å². The maximum Gasteiger partial charge on any atom is 0.262 e. The number of carbonyl (C=O) groups excluding carboxylic acids is 1. The molecule has 4 aromatic rings. The number of anilines is 2. The van der Waals surface area contributed by atoms with E-state index in [9.17, 15) is 4.79 Å². The molecule has 1 atom stereocenters. The number of benzene rings is 4. The Morgan fingerprint density at radius 3 is 2.06 bits per heavy atom. The van der Waals surface area contributed by atoms with Crippen molar-refractivity contribution in [1.82, 2.24) is 0 Å². The van der Waals surface area contributed by atoms with Gasteiger partial charge in [0.05, 0.1) is 18.4 Å². The Hall–Kier alpha value is -4.05. The molecule has 1 amide bonds. The molecule has 158 valence electrons. The summed E-state index contributed by atoms with van der Waals surface area (Å²) < 4.78 is 5.37. The lowest BCUT2D eigenvalue weighted by Crippen LogP contribution is -2.49. The van der Waals surface area contributed by atoms with Gasteiger partial charge >= 0.3 is 0 Å². The molecule has 0 N–H and O–H groups in total. The summed E-state index contributed by atoms with van der Waals surface area (Å²) in [6.45, 7) is 0.672. The van der Waals surface area contributed by atoms with Crippen LogP contribution in [-0.4, -0.2) is 13.0 Å². The highest BCUT2D eigenvalue weighted by atomic mass is 16.5. The van der Waals surface area contributed by atoms with Crippen molar-refractivity contribution in [3.8, 4) is 5.75 Å². The quantitative estimate of drug-likeness (QED) is 0.393. The third-order valence-corrected chi connectivity index (χ3v) is 5.85. The van der Waals surface area contributed by atoms with Crippen molar-refractivity contribution >= 4 is 17.3 Å². The highest BCUT2D eigenvalue weighted by molar-refractivity contribution is 6.12. The minimum atomic E-state index is -0.300. The number of nitrogens with zero attached hydrogens (tertiary/aromatic N) is 2. The molecular weight excluding hydrogens is 396 g/mol. The number of carbonyl (C=O) groups is 1. The Morgan fingerprint density at radius 2 is 1.38 bits per heavy atom. The van der Waals surface area contributed by atoms with Gasteiger partial charge in [0.15, 0.2) is 0 Å². The standard InChI is InChI=1S/C28H24N2O2/c1-32-24-18-16-22(17-19-24)27-29(20-21-10-4-2-5-11-21)26-15-9-8-14-25(26)28(31)30(27)23-12-6-3-7-13-23/h2-19,27H,20H2,1H3/t27-/m1/s1. The number of hydrogen-bond donors (Lipinski definition) is 0. The van der Waals surface area contributed by atoms with E-state index in [4.69, 9.17) is 4.74 Å².